The van der Waals surface area contributed by atoms with Crippen LogP contribution in [0.4, 0.5) is 5.69 Å². The molecule has 0 saturated heterocycles. The molecule has 0 aromatic heterocycles. The van der Waals surface area contributed by atoms with E-state index in [0.29, 0.717) is 12.1 Å². The van der Waals surface area contributed by atoms with Gasteiger partial charge in [0.2, 0.25) is 0 Å². The summed E-state index contributed by atoms with van der Waals surface area (Å²) in [5.74, 6) is 1.08. The maximum Gasteiger partial charge on any atom is 0.143 e. The van der Waals surface area contributed by atoms with Gasteiger partial charge < -0.3 is 9.64 Å². The Hall–Kier alpha value is -1.18. The Morgan fingerprint density at radius 1 is 1.25 bits per heavy atom. The zero-order valence-corrected chi connectivity index (χ0v) is 9.86. The second-order valence-electron chi connectivity index (χ2n) is 4.76. The number of likely N-dealkylation sites (N-methyl/N-ethyl adjacent to an activating group) is 1. The predicted molar refractivity (Wildman–Crippen MR) is 66.1 cm³/mol. The minimum absolute atomic E-state index is 0.420. The molecule has 2 nitrogen and oxygen atoms in total. The summed E-state index contributed by atoms with van der Waals surface area (Å²) in [6.45, 7) is 3.33. The van der Waals surface area contributed by atoms with Gasteiger partial charge in [0.15, 0.2) is 0 Å². The Morgan fingerprint density at radius 2 is 2.06 bits per heavy atom. The standard InChI is InChI=1S/C14H19NO/c1-2-15-11-7-3-5-9-13(11)16-14-10-6-4-8-12(14)15/h3,5,7,9,12,14H,2,4,6,8,10H2,1H3. The van der Waals surface area contributed by atoms with Crippen molar-refractivity contribution in [2.45, 2.75) is 44.8 Å². The van der Waals surface area contributed by atoms with E-state index in [9.17, 15) is 0 Å². The van der Waals surface area contributed by atoms with E-state index in [1.165, 1.54) is 31.4 Å². The molecule has 0 amide bonds. The molecule has 2 unspecified atom stereocenters. The van der Waals surface area contributed by atoms with Gasteiger partial charge in [0.25, 0.3) is 0 Å². The lowest BCUT2D eigenvalue weighted by Crippen LogP contribution is -2.51. The van der Waals surface area contributed by atoms with Crippen molar-refractivity contribution >= 4 is 5.69 Å². The van der Waals surface area contributed by atoms with Crippen molar-refractivity contribution in [2.75, 3.05) is 11.4 Å². The van der Waals surface area contributed by atoms with Crippen LogP contribution in [-0.4, -0.2) is 18.7 Å². The van der Waals surface area contributed by atoms with Crippen LogP contribution in [0.5, 0.6) is 5.75 Å². The van der Waals surface area contributed by atoms with Gasteiger partial charge in [0.05, 0.1) is 11.7 Å². The highest BCUT2D eigenvalue weighted by Gasteiger charge is 2.36. The molecule has 86 valence electrons. The average molecular weight is 217 g/mol. The summed E-state index contributed by atoms with van der Waals surface area (Å²) in [5, 5.41) is 0. The summed E-state index contributed by atoms with van der Waals surface area (Å²) in [6.07, 6.45) is 5.59. The van der Waals surface area contributed by atoms with Gasteiger partial charge in [-0.1, -0.05) is 18.6 Å². The molecule has 3 rings (SSSR count). The van der Waals surface area contributed by atoms with Crippen molar-refractivity contribution in [3.63, 3.8) is 0 Å². The molecule has 1 aromatic carbocycles. The molecule has 0 radical (unpaired) electrons. The van der Waals surface area contributed by atoms with Crippen LogP contribution < -0.4 is 9.64 Å². The van der Waals surface area contributed by atoms with Gasteiger partial charge >= 0.3 is 0 Å². The van der Waals surface area contributed by atoms with E-state index in [1.54, 1.807) is 0 Å². The molecule has 1 aliphatic carbocycles. The largest absolute Gasteiger partial charge is 0.486 e. The monoisotopic (exact) mass is 217 g/mol. The van der Waals surface area contributed by atoms with Crippen molar-refractivity contribution in [2.24, 2.45) is 0 Å². The molecule has 1 aromatic rings. The first kappa shape index (κ1) is 10.0. The van der Waals surface area contributed by atoms with Crippen LogP contribution in [0.3, 0.4) is 0 Å². The molecule has 0 bridgehead atoms. The molecule has 16 heavy (non-hydrogen) atoms. The van der Waals surface area contributed by atoms with Crippen LogP contribution in [-0.2, 0) is 0 Å². The molecular weight excluding hydrogens is 198 g/mol. The maximum absolute atomic E-state index is 6.13. The number of fused-ring (bicyclic) bond motifs is 2. The lowest BCUT2D eigenvalue weighted by molar-refractivity contribution is 0.114. The Morgan fingerprint density at radius 3 is 2.94 bits per heavy atom. The van der Waals surface area contributed by atoms with Gasteiger partial charge in [-0.15, -0.1) is 0 Å². The van der Waals surface area contributed by atoms with Crippen LogP contribution >= 0.6 is 0 Å². The second-order valence-corrected chi connectivity index (χ2v) is 4.76. The lowest BCUT2D eigenvalue weighted by atomic mass is 9.89. The fraction of sp³-hybridized carbons (Fsp3) is 0.571. The zero-order valence-electron chi connectivity index (χ0n) is 9.86. The number of ether oxygens (including phenoxy) is 1. The topological polar surface area (TPSA) is 12.5 Å². The summed E-state index contributed by atoms with van der Waals surface area (Å²) < 4.78 is 6.13. The van der Waals surface area contributed by atoms with Crippen LogP contribution in [0.25, 0.3) is 0 Å². The summed E-state index contributed by atoms with van der Waals surface area (Å²) in [4.78, 5) is 2.53. The van der Waals surface area contributed by atoms with Crippen molar-refractivity contribution in [1.82, 2.24) is 0 Å². The molecule has 1 aliphatic heterocycles. The first-order valence-electron chi connectivity index (χ1n) is 6.42. The van der Waals surface area contributed by atoms with Crippen LogP contribution in [0.1, 0.15) is 32.6 Å². The van der Waals surface area contributed by atoms with E-state index in [2.05, 4.69) is 36.1 Å². The van der Waals surface area contributed by atoms with Gasteiger partial charge in [0.1, 0.15) is 11.9 Å². The molecular formula is C14H19NO. The number of anilines is 1. The summed E-state index contributed by atoms with van der Waals surface area (Å²) >= 11 is 0. The van der Waals surface area contributed by atoms with Crippen LogP contribution in [0, 0.1) is 0 Å². The van der Waals surface area contributed by atoms with Gasteiger partial charge in [-0.05, 0) is 38.3 Å². The van der Waals surface area contributed by atoms with Crippen molar-refractivity contribution < 1.29 is 4.74 Å². The molecule has 2 atom stereocenters. The number of hydrogen-bond donors (Lipinski definition) is 0. The minimum atomic E-state index is 0.420. The average Bonchev–Trinajstić information content (AvgIpc) is 2.36. The number of rotatable bonds is 1. The Bertz CT molecular complexity index is 377. The van der Waals surface area contributed by atoms with E-state index in [-0.39, 0.29) is 0 Å². The smallest absolute Gasteiger partial charge is 0.143 e. The lowest BCUT2D eigenvalue weighted by Gasteiger charge is -2.45. The normalized spacial score (nSPS) is 27.9. The van der Waals surface area contributed by atoms with Gasteiger partial charge in [-0.2, -0.15) is 0 Å². The number of nitrogens with zero attached hydrogens (tertiary/aromatic N) is 1. The summed E-state index contributed by atoms with van der Waals surface area (Å²) in [6, 6.07) is 9.06. The first-order valence-corrected chi connectivity index (χ1v) is 6.42. The molecule has 0 N–H and O–H groups in total. The fourth-order valence-corrected chi connectivity index (χ4v) is 3.11. The molecule has 2 aliphatic rings. The maximum atomic E-state index is 6.13. The van der Waals surface area contributed by atoms with E-state index in [1.807, 2.05) is 0 Å². The molecule has 1 saturated carbocycles. The van der Waals surface area contributed by atoms with Crippen molar-refractivity contribution in [3.05, 3.63) is 24.3 Å². The van der Waals surface area contributed by atoms with Crippen molar-refractivity contribution in [3.8, 4) is 5.75 Å². The Labute approximate surface area is 97.2 Å². The highest BCUT2D eigenvalue weighted by Crippen LogP contribution is 2.40. The third kappa shape index (κ3) is 1.48. The second kappa shape index (κ2) is 4.00. The predicted octanol–water partition coefficient (Wildman–Crippen LogP) is 3.22. The number of benzene rings is 1. The third-order valence-corrected chi connectivity index (χ3v) is 3.86. The third-order valence-electron chi connectivity index (χ3n) is 3.86. The van der Waals surface area contributed by atoms with Crippen LogP contribution in [0.2, 0.25) is 0 Å². The quantitative estimate of drug-likeness (QED) is 0.716. The van der Waals surface area contributed by atoms with Crippen LogP contribution in [0.15, 0.2) is 24.3 Å². The Kier molecular flexibility index (Phi) is 2.50. The van der Waals surface area contributed by atoms with E-state index >= 15 is 0 Å². The SMILES string of the molecule is CCN1c2ccccc2OC2CCCCC21. The number of para-hydroxylation sites is 2. The van der Waals surface area contributed by atoms with E-state index < -0.39 is 0 Å². The summed E-state index contributed by atoms with van der Waals surface area (Å²) in [5.41, 5.74) is 1.29. The molecule has 0 spiro atoms. The highest BCUT2D eigenvalue weighted by molar-refractivity contribution is 5.61. The molecule has 1 heterocycles. The van der Waals surface area contributed by atoms with E-state index in [4.69, 9.17) is 4.74 Å². The minimum Gasteiger partial charge on any atom is -0.486 e. The first-order chi connectivity index (χ1) is 7.90. The summed E-state index contributed by atoms with van der Waals surface area (Å²) in [7, 11) is 0. The van der Waals surface area contributed by atoms with Gasteiger partial charge in [-0.25, -0.2) is 0 Å². The molecule has 1 fully saturated rings. The zero-order chi connectivity index (χ0) is 11.0. The Balaban J connectivity index is 1.99. The fourth-order valence-electron chi connectivity index (χ4n) is 3.11. The van der Waals surface area contributed by atoms with Gasteiger partial charge in [-0.3, -0.25) is 0 Å². The highest BCUT2D eigenvalue weighted by atomic mass is 16.5. The van der Waals surface area contributed by atoms with E-state index in [0.717, 1.165) is 12.3 Å². The number of hydrogen-bond acceptors (Lipinski definition) is 2. The van der Waals surface area contributed by atoms with Crippen molar-refractivity contribution in [1.29, 1.82) is 0 Å². The molecule has 2 heteroatoms. The van der Waals surface area contributed by atoms with Gasteiger partial charge in [0, 0.05) is 6.54 Å².